The van der Waals surface area contributed by atoms with Gasteiger partial charge in [-0.05, 0) is 40.2 Å². The van der Waals surface area contributed by atoms with Crippen molar-refractivity contribution in [1.82, 2.24) is 19.9 Å². The first kappa shape index (κ1) is 14.4. The van der Waals surface area contributed by atoms with E-state index in [1.807, 2.05) is 13.0 Å². The molecule has 0 aliphatic heterocycles. The summed E-state index contributed by atoms with van der Waals surface area (Å²) in [6.07, 6.45) is 3.60. The zero-order valence-corrected chi connectivity index (χ0v) is 13.7. The Kier molecular flexibility index (Phi) is 4.20. The van der Waals surface area contributed by atoms with Crippen molar-refractivity contribution in [3.8, 4) is 0 Å². The Bertz CT molecular complexity index is 578. The molecular weight excluding hydrogens is 324 g/mol. The smallest absolute Gasteiger partial charge is 0.193 e. The lowest BCUT2D eigenvalue weighted by molar-refractivity contribution is 0.536. The molecular formula is C13H15BrN4S. The summed E-state index contributed by atoms with van der Waals surface area (Å²) in [5.41, 5.74) is 0.955. The molecule has 2 rings (SSSR count). The van der Waals surface area contributed by atoms with Crippen molar-refractivity contribution >= 4 is 27.7 Å². The van der Waals surface area contributed by atoms with Crippen LogP contribution in [-0.2, 0) is 5.41 Å². The van der Waals surface area contributed by atoms with E-state index in [0.29, 0.717) is 5.16 Å². The number of rotatable bonds is 2. The van der Waals surface area contributed by atoms with Crippen LogP contribution in [0.3, 0.4) is 0 Å². The molecule has 0 aliphatic rings. The first-order chi connectivity index (χ1) is 8.84. The largest absolute Gasteiger partial charge is 0.231 e. The van der Waals surface area contributed by atoms with Crippen molar-refractivity contribution in [2.75, 3.05) is 0 Å². The zero-order chi connectivity index (χ0) is 14.0. The van der Waals surface area contributed by atoms with Crippen molar-refractivity contribution in [2.24, 2.45) is 0 Å². The SMILES string of the molecule is Cc1cnc(Sc2cc(Br)nc(C(C)(C)C)n2)nc1. The van der Waals surface area contributed by atoms with Gasteiger partial charge in [-0.25, -0.2) is 19.9 Å². The topological polar surface area (TPSA) is 51.6 Å². The molecule has 0 amide bonds. The third-order valence-corrected chi connectivity index (χ3v) is 3.51. The highest BCUT2D eigenvalue weighted by atomic mass is 79.9. The van der Waals surface area contributed by atoms with Gasteiger partial charge >= 0.3 is 0 Å². The normalized spacial score (nSPS) is 11.6. The average molecular weight is 339 g/mol. The van der Waals surface area contributed by atoms with E-state index in [9.17, 15) is 0 Å². The summed E-state index contributed by atoms with van der Waals surface area (Å²) >= 11 is 4.86. The molecule has 2 aromatic rings. The van der Waals surface area contributed by atoms with Crippen molar-refractivity contribution in [2.45, 2.75) is 43.3 Å². The molecule has 0 atom stereocenters. The predicted octanol–water partition coefficient (Wildman–Crippen LogP) is 3.79. The van der Waals surface area contributed by atoms with E-state index >= 15 is 0 Å². The number of halogens is 1. The van der Waals surface area contributed by atoms with Crippen LogP contribution in [0.25, 0.3) is 0 Å². The second kappa shape index (κ2) is 5.54. The Labute approximate surface area is 125 Å². The van der Waals surface area contributed by atoms with Crippen LogP contribution < -0.4 is 0 Å². The minimum Gasteiger partial charge on any atom is -0.231 e. The monoisotopic (exact) mass is 338 g/mol. The van der Waals surface area contributed by atoms with Crippen molar-refractivity contribution in [3.05, 3.63) is 34.5 Å². The molecule has 2 aromatic heterocycles. The summed E-state index contributed by atoms with van der Waals surface area (Å²) in [4.78, 5) is 17.5. The molecule has 0 unspecified atom stereocenters. The number of hydrogen-bond acceptors (Lipinski definition) is 5. The third-order valence-electron chi connectivity index (χ3n) is 2.30. The highest BCUT2D eigenvalue weighted by molar-refractivity contribution is 9.10. The summed E-state index contributed by atoms with van der Waals surface area (Å²) in [7, 11) is 0. The molecule has 0 aliphatic carbocycles. The number of hydrogen-bond donors (Lipinski definition) is 0. The van der Waals surface area contributed by atoms with Gasteiger partial charge in [0.1, 0.15) is 15.5 Å². The van der Waals surface area contributed by atoms with E-state index in [1.165, 1.54) is 11.8 Å². The van der Waals surface area contributed by atoms with Crippen LogP contribution >= 0.6 is 27.7 Å². The summed E-state index contributed by atoms with van der Waals surface area (Å²) in [5, 5.41) is 1.53. The molecule has 0 N–H and O–H groups in total. The molecule has 4 nitrogen and oxygen atoms in total. The average Bonchev–Trinajstić information content (AvgIpc) is 2.30. The maximum absolute atomic E-state index is 4.56. The molecule has 0 aromatic carbocycles. The van der Waals surface area contributed by atoms with E-state index in [0.717, 1.165) is 21.0 Å². The molecule has 0 bridgehead atoms. The number of aromatic nitrogens is 4. The van der Waals surface area contributed by atoms with Crippen LogP contribution in [0.15, 0.2) is 33.2 Å². The van der Waals surface area contributed by atoms with E-state index < -0.39 is 0 Å². The molecule has 0 saturated carbocycles. The predicted molar refractivity (Wildman–Crippen MR) is 79.3 cm³/mol. The van der Waals surface area contributed by atoms with Crippen LogP contribution in [0.2, 0.25) is 0 Å². The molecule has 2 heterocycles. The molecule has 0 radical (unpaired) electrons. The first-order valence-electron chi connectivity index (χ1n) is 5.86. The van der Waals surface area contributed by atoms with Gasteiger partial charge in [-0.1, -0.05) is 20.8 Å². The fourth-order valence-corrected chi connectivity index (χ4v) is 2.55. The van der Waals surface area contributed by atoms with Gasteiger partial charge in [0, 0.05) is 23.9 Å². The van der Waals surface area contributed by atoms with Gasteiger partial charge in [0.15, 0.2) is 5.16 Å². The standard InChI is InChI=1S/C13H15BrN4S/c1-8-6-15-12(16-7-8)19-10-5-9(14)17-11(18-10)13(2,3)4/h5-7H,1-4H3. The molecule has 100 valence electrons. The molecule has 0 fully saturated rings. The van der Waals surface area contributed by atoms with Gasteiger partial charge in [0.2, 0.25) is 0 Å². The molecule has 0 spiro atoms. The van der Waals surface area contributed by atoms with Crippen molar-refractivity contribution in [1.29, 1.82) is 0 Å². The van der Waals surface area contributed by atoms with E-state index in [2.05, 4.69) is 56.6 Å². The van der Waals surface area contributed by atoms with Crippen LogP contribution in [0.1, 0.15) is 32.2 Å². The molecule has 0 saturated heterocycles. The van der Waals surface area contributed by atoms with Crippen LogP contribution in [0.5, 0.6) is 0 Å². The Morgan fingerprint density at radius 1 is 1.11 bits per heavy atom. The number of nitrogens with zero attached hydrogens (tertiary/aromatic N) is 4. The summed E-state index contributed by atoms with van der Waals surface area (Å²) < 4.78 is 0.780. The lowest BCUT2D eigenvalue weighted by Crippen LogP contribution is -2.16. The van der Waals surface area contributed by atoms with Crippen molar-refractivity contribution < 1.29 is 0 Å². The summed E-state index contributed by atoms with van der Waals surface area (Å²) in [6.45, 7) is 8.23. The van der Waals surface area contributed by atoms with E-state index in [-0.39, 0.29) is 5.41 Å². The summed E-state index contributed by atoms with van der Waals surface area (Å²) in [6, 6.07) is 1.88. The molecule has 19 heavy (non-hydrogen) atoms. The van der Waals surface area contributed by atoms with Crippen molar-refractivity contribution in [3.63, 3.8) is 0 Å². The van der Waals surface area contributed by atoms with Gasteiger partial charge in [-0.2, -0.15) is 0 Å². The van der Waals surface area contributed by atoms with Gasteiger partial charge in [-0.3, -0.25) is 0 Å². The second-order valence-electron chi connectivity index (χ2n) is 5.25. The van der Waals surface area contributed by atoms with Gasteiger partial charge in [0.05, 0.1) is 0 Å². The lowest BCUT2D eigenvalue weighted by atomic mass is 9.96. The Morgan fingerprint density at radius 3 is 2.32 bits per heavy atom. The highest BCUT2D eigenvalue weighted by Crippen LogP contribution is 2.27. The minimum atomic E-state index is -0.0901. The highest BCUT2D eigenvalue weighted by Gasteiger charge is 2.19. The molecule has 6 heteroatoms. The van der Waals surface area contributed by atoms with Crippen LogP contribution in [0.4, 0.5) is 0 Å². The quantitative estimate of drug-likeness (QED) is 0.615. The van der Waals surface area contributed by atoms with Gasteiger partial charge in [-0.15, -0.1) is 0 Å². The summed E-state index contributed by atoms with van der Waals surface area (Å²) in [5.74, 6) is 0.802. The lowest BCUT2D eigenvalue weighted by Gasteiger charge is -2.17. The maximum Gasteiger partial charge on any atom is 0.193 e. The fourth-order valence-electron chi connectivity index (χ4n) is 1.31. The Balaban J connectivity index is 2.30. The minimum absolute atomic E-state index is 0.0901. The van der Waals surface area contributed by atoms with E-state index in [1.54, 1.807) is 12.4 Å². The zero-order valence-electron chi connectivity index (χ0n) is 11.3. The van der Waals surface area contributed by atoms with Crippen LogP contribution in [-0.4, -0.2) is 19.9 Å². The number of aryl methyl sites for hydroxylation is 1. The fraction of sp³-hybridized carbons (Fsp3) is 0.385. The van der Waals surface area contributed by atoms with Gasteiger partial charge in [0.25, 0.3) is 0 Å². The Morgan fingerprint density at radius 2 is 1.74 bits per heavy atom. The van der Waals surface area contributed by atoms with Gasteiger partial charge < -0.3 is 0 Å². The third kappa shape index (κ3) is 3.98. The van der Waals surface area contributed by atoms with E-state index in [4.69, 9.17) is 0 Å². The first-order valence-corrected chi connectivity index (χ1v) is 7.47. The second-order valence-corrected chi connectivity index (χ2v) is 7.05. The van der Waals surface area contributed by atoms with Crippen LogP contribution in [0, 0.1) is 6.92 Å². The Hall–Kier alpha value is -1.01. The maximum atomic E-state index is 4.56.